The second-order valence-corrected chi connectivity index (χ2v) is 5.08. The molecule has 0 aliphatic heterocycles. The van der Waals surface area contributed by atoms with Crippen molar-refractivity contribution in [1.82, 2.24) is 10.6 Å². The standard InChI is InChI=1S/C12H18N2O4S/c1-8(17)13-10(11-3-2-4-19-11)5-12(18)14-9(6-15)7-16/h2-4,9-10,15-16H,5-7H2,1H3,(H,13,17)(H,14,18). The minimum Gasteiger partial charge on any atom is -0.394 e. The molecule has 1 rings (SSSR count). The van der Waals surface area contributed by atoms with Crippen LogP contribution in [0, 0.1) is 0 Å². The summed E-state index contributed by atoms with van der Waals surface area (Å²) < 4.78 is 0. The number of nitrogens with one attached hydrogen (secondary N) is 2. The minimum absolute atomic E-state index is 0.0661. The Balaban J connectivity index is 2.62. The monoisotopic (exact) mass is 286 g/mol. The molecular weight excluding hydrogens is 268 g/mol. The molecule has 0 fully saturated rings. The van der Waals surface area contributed by atoms with Crippen LogP contribution in [0.25, 0.3) is 0 Å². The highest BCUT2D eigenvalue weighted by atomic mass is 32.1. The van der Waals surface area contributed by atoms with Gasteiger partial charge in [0.1, 0.15) is 0 Å². The lowest BCUT2D eigenvalue weighted by Gasteiger charge is -2.18. The van der Waals surface area contributed by atoms with Crippen molar-refractivity contribution in [3.63, 3.8) is 0 Å². The van der Waals surface area contributed by atoms with Crippen LogP contribution in [0.1, 0.15) is 24.3 Å². The van der Waals surface area contributed by atoms with E-state index in [1.54, 1.807) is 0 Å². The second kappa shape index (κ2) is 7.88. The molecule has 0 bridgehead atoms. The van der Waals surface area contributed by atoms with E-state index in [4.69, 9.17) is 10.2 Å². The van der Waals surface area contributed by atoms with Crippen molar-refractivity contribution in [1.29, 1.82) is 0 Å². The maximum Gasteiger partial charge on any atom is 0.222 e. The highest BCUT2D eigenvalue weighted by Crippen LogP contribution is 2.21. The Morgan fingerprint density at radius 1 is 1.32 bits per heavy atom. The fourth-order valence-corrected chi connectivity index (χ4v) is 2.36. The second-order valence-electron chi connectivity index (χ2n) is 4.10. The van der Waals surface area contributed by atoms with Gasteiger partial charge in [-0.1, -0.05) is 6.07 Å². The van der Waals surface area contributed by atoms with E-state index in [2.05, 4.69) is 10.6 Å². The third kappa shape index (κ3) is 5.37. The Bertz CT molecular complexity index is 404. The summed E-state index contributed by atoms with van der Waals surface area (Å²) in [5.41, 5.74) is 0. The summed E-state index contributed by atoms with van der Waals surface area (Å²) in [5, 5.41) is 24.9. The van der Waals surface area contributed by atoms with Crippen LogP contribution >= 0.6 is 11.3 Å². The maximum absolute atomic E-state index is 11.8. The van der Waals surface area contributed by atoms with Crippen LogP contribution in [0.5, 0.6) is 0 Å². The molecular formula is C12H18N2O4S. The zero-order chi connectivity index (χ0) is 14.3. The van der Waals surface area contributed by atoms with Crippen molar-refractivity contribution >= 4 is 23.2 Å². The number of thiophene rings is 1. The van der Waals surface area contributed by atoms with E-state index in [0.717, 1.165) is 4.88 Å². The molecule has 1 heterocycles. The lowest BCUT2D eigenvalue weighted by atomic mass is 10.1. The molecule has 1 unspecified atom stereocenters. The van der Waals surface area contributed by atoms with Gasteiger partial charge in [0, 0.05) is 11.8 Å². The number of aliphatic hydroxyl groups excluding tert-OH is 2. The van der Waals surface area contributed by atoms with Crippen LogP contribution in [-0.2, 0) is 9.59 Å². The van der Waals surface area contributed by atoms with E-state index in [-0.39, 0.29) is 31.4 Å². The Morgan fingerprint density at radius 2 is 2.00 bits per heavy atom. The normalized spacial score (nSPS) is 12.2. The average Bonchev–Trinajstić information content (AvgIpc) is 2.88. The largest absolute Gasteiger partial charge is 0.394 e. The highest BCUT2D eigenvalue weighted by Gasteiger charge is 2.19. The molecule has 6 nitrogen and oxygen atoms in total. The van der Waals surface area contributed by atoms with E-state index >= 15 is 0 Å². The molecule has 1 aromatic heterocycles. The summed E-state index contributed by atoms with van der Waals surface area (Å²) in [4.78, 5) is 23.8. The lowest BCUT2D eigenvalue weighted by molar-refractivity contribution is -0.123. The fourth-order valence-electron chi connectivity index (χ4n) is 1.58. The number of amides is 2. The quantitative estimate of drug-likeness (QED) is 0.557. The molecule has 0 aromatic carbocycles. The summed E-state index contributed by atoms with van der Waals surface area (Å²) in [6.45, 7) is 0.737. The number of aliphatic hydroxyl groups is 2. The van der Waals surface area contributed by atoms with Crippen molar-refractivity contribution in [2.24, 2.45) is 0 Å². The van der Waals surface area contributed by atoms with Gasteiger partial charge >= 0.3 is 0 Å². The van der Waals surface area contributed by atoms with Gasteiger partial charge < -0.3 is 20.8 Å². The Morgan fingerprint density at radius 3 is 2.47 bits per heavy atom. The van der Waals surface area contributed by atoms with Crippen molar-refractivity contribution in [2.45, 2.75) is 25.4 Å². The zero-order valence-corrected chi connectivity index (χ0v) is 11.4. The van der Waals surface area contributed by atoms with Gasteiger partial charge in [0.15, 0.2) is 0 Å². The number of carbonyl (C=O) groups is 2. The van der Waals surface area contributed by atoms with Crippen LogP contribution in [0.2, 0.25) is 0 Å². The van der Waals surface area contributed by atoms with Crippen molar-refractivity contribution in [3.05, 3.63) is 22.4 Å². The molecule has 0 aliphatic rings. The average molecular weight is 286 g/mol. The molecule has 0 radical (unpaired) electrons. The van der Waals surface area contributed by atoms with Gasteiger partial charge in [-0.15, -0.1) is 11.3 Å². The zero-order valence-electron chi connectivity index (χ0n) is 10.6. The summed E-state index contributed by atoms with van der Waals surface area (Å²) in [7, 11) is 0. The molecule has 7 heteroatoms. The van der Waals surface area contributed by atoms with E-state index in [1.807, 2.05) is 17.5 Å². The summed E-state index contributed by atoms with van der Waals surface area (Å²) in [6, 6.07) is 2.62. The minimum atomic E-state index is -0.672. The predicted molar refractivity (Wildman–Crippen MR) is 71.6 cm³/mol. The first-order valence-electron chi connectivity index (χ1n) is 5.88. The first-order chi connectivity index (χ1) is 9.06. The molecule has 0 saturated heterocycles. The van der Waals surface area contributed by atoms with Gasteiger partial charge in [-0.3, -0.25) is 9.59 Å². The molecule has 2 amide bonds. The van der Waals surface area contributed by atoms with E-state index < -0.39 is 12.1 Å². The van der Waals surface area contributed by atoms with Gasteiger partial charge in [-0.05, 0) is 11.4 Å². The Kier molecular flexibility index (Phi) is 6.48. The third-order valence-corrected chi connectivity index (χ3v) is 3.45. The Labute approximate surface area is 115 Å². The summed E-state index contributed by atoms with van der Waals surface area (Å²) in [5.74, 6) is -0.549. The molecule has 0 aliphatic carbocycles. The molecule has 106 valence electrons. The molecule has 4 N–H and O–H groups in total. The molecule has 1 atom stereocenters. The SMILES string of the molecule is CC(=O)NC(CC(=O)NC(CO)CO)c1cccs1. The highest BCUT2D eigenvalue weighted by molar-refractivity contribution is 7.10. The molecule has 1 aromatic rings. The van der Waals surface area contributed by atoms with E-state index in [0.29, 0.717) is 0 Å². The van der Waals surface area contributed by atoms with Crippen LogP contribution in [-0.4, -0.2) is 41.3 Å². The molecule has 0 saturated carbocycles. The first kappa shape index (κ1) is 15.6. The van der Waals surface area contributed by atoms with Crippen molar-refractivity contribution < 1.29 is 19.8 Å². The first-order valence-corrected chi connectivity index (χ1v) is 6.76. The van der Waals surface area contributed by atoms with E-state index in [9.17, 15) is 9.59 Å². The number of carbonyl (C=O) groups excluding carboxylic acids is 2. The van der Waals surface area contributed by atoms with Gasteiger partial charge in [-0.25, -0.2) is 0 Å². The lowest BCUT2D eigenvalue weighted by Crippen LogP contribution is -2.41. The summed E-state index contributed by atoms with van der Waals surface area (Å²) in [6.07, 6.45) is 0.0661. The van der Waals surface area contributed by atoms with Crippen LogP contribution in [0.3, 0.4) is 0 Å². The van der Waals surface area contributed by atoms with Gasteiger partial charge in [0.25, 0.3) is 0 Å². The number of hydrogen-bond donors (Lipinski definition) is 4. The van der Waals surface area contributed by atoms with Gasteiger partial charge in [0.2, 0.25) is 11.8 Å². The third-order valence-electron chi connectivity index (χ3n) is 2.46. The topological polar surface area (TPSA) is 98.7 Å². The van der Waals surface area contributed by atoms with Crippen LogP contribution < -0.4 is 10.6 Å². The van der Waals surface area contributed by atoms with Crippen LogP contribution in [0.15, 0.2) is 17.5 Å². The molecule has 19 heavy (non-hydrogen) atoms. The van der Waals surface area contributed by atoms with Crippen molar-refractivity contribution in [2.75, 3.05) is 13.2 Å². The summed E-state index contributed by atoms with van der Waals surface area (Å²) >= 11 is 1.45. The smallest absolute Gasteiger partial charge is 0.222 e. The Hall–Kier alpha value is -1.44. The van der Waals surface area contributed by atoms with Gasteiger partial charge in [-0.2, -0.15) is 0 Å². The maximum atomic E-state index is 11.8. The van der Waals surface area contributed by atoms with E-state index in [1.165, 1.54) is 18.3 Å². The number of rotatable bonds is 7. The molecule has 0 spiro atoms. The van der Waals surface area contributed by atoms with Gasteiger partial charge in [0.05, 0.1) is 31.7 Å². The number of hydrogen-bond acceptors (Lipinski definition) is 5. The van der Waals surface area contributed by atoms with Crippen LogP contribution in [0.4, 0.5) is 0 Å². The van der Waals surface area contributed by atoms with Crippen molar-refractivity contribution in [3.8, 4) is 0 Å². The fraction of sp³-hybridized carbons (Fsp3) is 0.500. The predicted octanol–water partition coefficient (Wildman–Crippen LogP) is -0.215.